The molecule has 1 amide bonds. The molecule has 184 valence electrons. The lowest BCUT2D eigenvalue weighted by Crippen LogP contribution is -2.44. The molecule has 0 radical (unpaired) electrons. The van der Waals surface area contributed by atoms with Crippen molar-refractivity contribution in [2.75, 3.05) is 11.9 Å². The van der Waals surface area contributed by atoms with Gasteiger partial charge in [-0.2, -0.15) is 0 Å². The van der Waals surface area contributed by atoms with Crippen molar-refractivity contribution in [3.63, 3.8) is 0 Å². The highest BCUT2D eigenvalue weighted by Gasteiger charge is 2.44. The SMILES string of the molecule is CCc1nc(-c2ccc(Cl)cc2Cl)c(CC)nc1NC1C(O)CN(C(=O)O)C1Cc1ccccc1. The van der Waals surface area contributed by atoms with E-state index in [9.17, 15) is 15.0 Å². The van der Waals surface area contributed by atoms with Crippen LogP contribution in [0.3, 0.4) is 0 Å². The Labute approximate surface area is 214 Å². The van der Waals surface area contributed by atoms with Gasteiger partial charge in [-0.05, 0) is 43.0 Å². The Morgan fingerprint density at radius 2 is 1.80 bits per heavy atom. The molecule has 1 fully saturated rings. The third kappa shape index (κ3) is 5.37. The molecule has 3 aromatic rings. The molecule has 1 aliphatic rings. The molecule has 3 unspecified atom stereocenters. The predicted octanol–water partition coefficient (Wildman–Crippen LogP) is 5.32. The van der Waals surface area contributed by atoms with Crippen LogP contribution in [0.1, 0.15) is 30.8 Å². The van der Waals surface area contributed by atoms with Crippen molar-refractivity contribution in [1.29, 1.82) is 0 Å². The topological polar surface area (TPSA) is 98.6 Å². The summed E-state index contributed by atoms with van der Waals surface area (Å²) in [6.45, 7) is 3.99. The number of carbonyl (C=O) groups is 1. The van der Waals surface area contributed by atoms with Gasteiger partial charge in [-0.1, -0.05) is 67.4 Å². The van der Waals surface area contributed by atoms with Crippen LogP contribution < -0.4 is 5.32 Å². The number of nitrogens with zero attached hydrogens (tertiary/aromatic N) is 3. The summed E-state index contributed by atoms with van der Waals surface area (Å²) >= 11 is 12.5. The summed E-state index contributed by atoms with van der Waals surface area (Å²) < 4.78 is 0. The van der Waals surface area contributed by atoms with Crippen LogP contribution in [0.5, 0.6) is 0 Å². The third-order valence-corrected chi connectivity index (χ3v) is 6.89. The molecule has 35 heavy (non-hydrogen) atoms. The number of benzene rings is 2. The van der Waals surface area contributed by atoms with E-state index in [0.29, 0.717) is 46.5 Å². The normalized spacial score (nSPS) is 19.7. The van der Waals surface area contributed by atoms with Gasteiger partial charge in [0.25, 0.3) is 0 Å². The fraction of sp³-hybridized carbons (Fsp3) is 0.346. The molecule has 1 aromatic heterocycles. The second-order valence-electron chi connectivity index (χ2n) is 8.57. The number of halogens is 2. The number of β-amino-alcohol motifs (C(OH)–C–C–N with tert-alkyl or cyclic N) is 1. The lowest BCUT2D eigenvalue weighted by atomic mass is 9.98. The van der Waals surface area contributed by atoms with E-state index in [0.717, 1.165) is 16.8 Å². The molecular formula is C26H28Cl2N4O3. The third-order valence-electron chi connectivity index (χ3n) is 6.35. The van der Waals surface area contributed by atoms with Gasteiger partial charge in [0, 0.05) is 10.6 Å². The number of rotatable bonds is 7. The van der Waals surface area contributed by atoms with Crippen molar-refractivity contribution in [2.24, 2.45) is 0 Å². The molecule has 2 aromatic carbocycles. The maximum Gasteiger partial charge on any atom is 0.407 e. The second-order valence-corrected chi connectivity index (χ2v) is 9.42. The van der Waals surface area contributed by atoms with Gasteiger partial charge in [0.15, 0.2) is 0 Å². The van der Waals surface area contributed by atoms with E-state index in [1.54, 1.807) is 12.1 Å². The number of likely N-dealkylation sites (tertiary alicyclic amines) is 1. The molecule has 0 aliphatic carbocycles. The molecule has 0 bridgehead atoms. The molecule has 1 saturated heterocycles. The summed E-state index contributed by atoms with van der Waals surface area (Å²) in [6.07, 6.45) is -0.274. The molecule has 1 aliphatic heterocycles. The van der Waals surface area contributed by atoms with Crippen molar-refractivity contribution in [2.45, 2.75) is 51.3 Å². The molecule has 9 heteroatoms. The zero-order valence-electron chi connectivity index (χ0n) is 19.6. The van der Waals surface area contributed by atoms with Crippen molar-refractivity contribution in [1.82, 2.24) is 14.9 Å². The van der Waals surface area contributed by atoms with Crippen molar-refractivity contribution in [3.05, 3.63) is 75.5 Å². The lowest BCUT2D eigenvalue weighted by molar-refractivity contribution is 0.131. The van der Waals surface area contributed by atoms with E-state index in [4.69, 9.17) is 33.2 Å². The Morgan fingerprint density at radius 3 is 2.43 bits per heavy atom. The van der Waals surface area contributed by atoms with Gasteiger partial charge >= 0.3 is 6.09 Å². The second kappa shape index (κ2) is 10.8. The van der Waals surface area contributed by atoms with Gasteiger partial charge in [-0.15, -0.1) is 0 Å². The maximum atomic E-state index is 12.0. The van der Waals surface area contributed by atoms with E-state index < -0.39 is 24.3 Å². The fourth-order valence-electron chi connectivity index (χ4n) is 4.57. The zero-order valence-corrected chi connectivity index (χ0v) is 21.1. The molecule has 0 saturated carbocycles. The summed E-state index contributed by atoms with van der Waals surface area (Å²) in [6, 6.07) is 14.0. The smallest absolute Gasteiger partial charge is 0.407 e. The summed E-state index contributed by atoms with van der Waals surface area (Å²) in [5, 5.41) is 25.0. The van der Waals surface area contributed by atoms with E-state index in [-0.39, 0.29) is 6.54 Å². The number of nitrogens with one attached hydrogen (secondary N) is 1. The van der Waals surface area contributed by atoms with E-state index in [1.165, 1.54) is 4.90 Å². The van der Waals surface area contributed by atoms with Crippen molar-refractivity contribution < 1.29 is 15.0 Å². The van der Waals surface area contributed by atoms with Crippen LogP contribution >= 0.6 is 23.2 Å². The molecule has 4 rings (SSSR count). The minimum Gasteiger partial charge on any atom is -0.465 e. The Bertz CT molecular complexity index is 1210. The predicted molar refractivity (Wildman–Crippen MR) is 138 cm³/mol. The number of aliphatic hydroxyl groups is 1. The monoisotopic (exact) mass is 514 g/mol. The lowest BCUT2D eigenvalue weighted by Gasteiger charge is -2.28. The van der Waals surface area contributed by atoms with Gasteiger partial charge < -0.3 is 20.4 Å². The number of aryl methyl sites for hydroxylation is 2. The van der Waals surface area contributed by atoms with E-state index in [1.807, 2.05) is 50.2 Å². The van der Waals surface area contributed by atoms with Crippen LogP contribution in [0.2, 0.25) is 10.0 Å². The molecule has 3 N–H and O–H groups in total. The summed E-state index contributed by atoms with van der Waals surface area (Å²) in [4.78, 5) is 23.0. The van der Waals surface area contributed by atoms with Crippen LogP contribution in [-0.2, 0) is 19.3 Å². The van der Waals surface area contributed by atoms with Crippen LogP contribution in [-0.4, -0.2) is 55.9 Å². The first kappa shape index (κ1) is 25.2. The average Bonchev–Trinajstić information content (AvgIpc) is 3.15. The molecule has 2 heterocycles. The first-order valence-corrected chi connectivity index (χ1v) is 12.4. The van der Waals surface area contributed by atoms with Gasteiger partial charge in [-0.3, -0.25) is 0 Å². The number of aromatic nitrogens is 2. The highest BCUT2D eigenvalue weighted by Crippen LogP contribution is 2.33. The van der Waals surface area contributed by atoms with E-state index in [2.05, 4.69) is 5.32 Å². The fourth-order valence-corrected chi connectivity index (χ4v) is 5.07. The molecule has 0 spiro atoms. The van der Waals surface area contributed by atoms with Crippen LogP contribution in [0.25, 0.3) is 11.3 Å². The highest BCUT2D eigenvalue weighted by molar-refractivity contribution is 6.36. The molecular weight excluding hydrogens is 487 g/mol. The molecule has 3 atom stereocenters. The Kier molecular flexibility index (Phi) is 7.79. The molecule has 7 nitrogen and oxygen atoms in total. The van der Waals surface area contributed by atoms with E-state index >= 15 is 0 Å². The van der Waals surface area contributed by atoms with Gasteiger partial charge in [0.1, 0.15) is 5.82 Å². The maximum absolute atomic E-state index is 12.0. The first-order valence-electron chi connectivity index (χ1n) is 11.7. The average molecular weight is 515 g/mol. The van der Waals surface area contributed by atoms with Crippen molar-refractivity contribution in [3.8, 4) is 11.3 Å². The number of carboxylic acid groups (broad SMARTS) is 1. The standard InChI is InChI=1S/C26H28Cl2N4O3/c1-3-19-23(17-11-10-16(27)13-18(17)28)29-20(4-2)25(30-19)31-24-21(12-15-8-6-5-7-9-15)32(26(34)35)14-22(24)33/h5-11,13,21-22,24,33H,3-4,12,14H2,1-2H3,(H,30,31)(H,34,35). The Hall–Kier alpha value is -2.87. The zero-order chi connectivity index (χ0) is 25.1. The first-order chi connectivity index (χ1) is 16.8. The summed E-state index contributed by atoms with van der Waals surface area (Å²) in [5.74, 6) is 0.549. The van der Waals surface area contributed by atoms with Crippen LogP contribution in [0, 0.1) is 0 Å². The minimum atomic E-state index is -1.06. The van der Waals surface area contributed by atoms with Gasteiger partial charge in [0.2, 0.25) is 0 Å². The number of hydrogen-bond donors (Lipinski definition) is 3. The highest BCUT2D eigenvalue weighted by atomic mass is 35.5. The number of amides is 1. The minimum absolute atomic E-state index is 0.0263. The van der Waals surface area contributed by atoms with Crippen LogP contribution in [0.4, 0.5) is 10.6 Å². The number of anilines is 1. The largest absolute Gasteiger partial charge is 0.465 e. The Morgan fingerprint density at radius 1 is 1.09 bits per heavy atom. The Balaban J connectivity index is 1.71. The van der Waals surface area contributed by atoms with Crippen molar-refractivity contribution >= 4 is 35.1 Å². The van der Waals surface area contributed by atoms with Gasteiger partial charge in [0.05, 0.1) is 46.8 Å². The van der Waals surface area contributed by atoms with Gasteiger partial charge in [-0.25, -0.2) is 14.8 Å². The summed E-state index contributed by atoms with van der Waals surface area (Å²) in [5.41, 5.74) is 3.89. The summed E-state index contributed by atoms with van der Waals surface area (Å²) in [7, 11) is 0. The van der Waals surface area contributed by atoms with Crippen LogP contribution in [0.15, 0.2) is 48.5 Å². The number of hydrogen-bond acceptors (Lipinski definition) is 5. The number of aliphatic hydroxyl groups excluding tert-OH is 1. The quantitative estimate of drug-likeness (QED) is 0.394.